The lowest BCUT2D eigenvalue weighted by Gasteiger charge is -2.31. The second kappa shape index (κ2) is 5.60. The summed E-state index contributed by atoms with van der Waals surface area (Å²) in [6, 6.07) is 4.03. The van der Waals surface area contributed by atoms with Crippen LogP contribution in [0.25, 0.3) is 0 Å². The Morgan fingerprint density at radius 3 is 3.06 bits per heavy atom. The minimum absolute atomic E-state index is 0.0811. The summed E-state index contributed by atoms with van der Waals surface area (Å²) in [7, 11) is 1.94. The van der Waals surface area contributed by atoms with E-state index < -0.39 is 0 Å². The summed E-state index contributed by atoms with van der Waals surface area (Å²) in [4.78, 5) is 0. The van der Waals surface area contributed by atoms with Crippen molar-refractivity contribution in [2.45, 2.75) is 37.8 Å². The van der Waals surface area contributed by atoms with Gasteiger partial charge < -0.3 is 10.1 Å². The maximum atomic E-state index is 8.96. The van der Waals surface area contributed by atoms with Gasteiger partial charge in [0.1, 0.15) is 17.7 Å². The molecule has 0 bridgehead atoms. The molecule has 0 saturated heterocycles. The zero-order valence-electron chi connectivity index (χ0n) is 9.89. The highest BCUT2D eigenvalue weighted by atomic mass is 16.5. The molecule has 17 heavy (non-hydrogen) atoms. The quantitative estimate of drug-likeness (QED) is 0.849. The summed E-state index contributed by atoms with van der Waals surface area (Å²) in [5, 5.41) is 19.9. The number of nitrogens with one attached hydrogen (secondary N) is 1. The monoisotopic (exact) mass is 232 g/mol. The minimum atomic E-state index is 0.0811. The maximum absolute atomic E-state index is 8.96. The Bertz CT molecular complexity index is 415. The Hall–Kier alpha value is -1.67. The Labute approximate surface area is 101 Å². The van der Waals surface area contributed by atoms with Crippen molar-refractivity contribution >= 4 is 0 Å². The van der Waals surface area contributed by atoms with Crippen molar-refractivity contribution in [3.8, 4) is 11.9 Å². The second-order valence-electron chi connectivity index (χ2n) is 4.20. The molecule has 1 heterocycles. The molecule has 1 aliphatic carbocycles. The molecule has 0 aromatic carbocycles. The molecule has 5 nitrogen and oxygen atoms in total. The molecule has 2 unspecified atom stereocenters. The number of hydrogen-bond donors (Lipinski definition) is 1. The van der Waals surface area contributed by atoms with Crippen LogP contribution < -0.4 is 10.1 Å². The van der Waals surface area contributed by atoms with E-state index in [1.165, 1.54) is 12.6 Å². The van der Waals surface area contributed by atoms with Gasteiger partial charge in [-0.25, -0.2) is 0 Å². The average molecular weight is 232 g/mol. The smallest absolute Gasteiger partial charge is 0.251 e. The van der Waals surface area contributed by atoms with Crippen LogP contribution in [0.1, 0.15) is 31.2 Å². The van der Waals surface area contributed by atoms with Gasteiger partial charge in [0.2, 0.25) is 0 Å². The standard InChI is InChI=1S/C12H16N4O/c1-14-10-4-2-3-5-11(10)17-12-9(8-13)6-7-15-16-12/h6-7,10-11,14H,2-5H2,1H3. The molecule has 0 amide bonds. The molecular weight excluding hydrogens is 216 g/mol. The Morgan fingerprint density at radius 1 is 1.47 bits per heavy atom. The molecule has 1 aliphatic rings. The molecule has 5 heteroatoms. The lowest BCUT2D eigenvalue weighted by atomic mass is 9.92. The molecule has 1 aromatic heterocycles. The van der Waals surface area contributed by atoms with E-state index in [-0.39, 0.29) is 6.10 Å². The second-order valence-corrected chi connectivity index (χ2v) is 4.20. The van der Waals surface area contributed by atoms with Crippen LogP contribution in [0.2, 0.25) is 0 Å². The molecule has 0 aliphatic heterocycles. The summed E-state index contributed by atoms with van der Waals surface area (Å²) in [6.07, 6.45) is 6.05. The first-order valence-electron chi connectivity index (χ1n) is 5.91. The van der Waals surface area contributed by atoms with E-state index >= 15 is 0 Å². The first kappa shape index (κ1) is 11.8. The van der Waals surface area contributed by atoms with E-state index in [0.717, 1.165) is 19.3 Å². The largest absolute Gasteiger partial charge is 0.471 e. The summed E-state index contributed by atoms with van der Waals surface area (Å²) in [5.74, 6) is 0.349. The SMILES string of the molecule is CNC1CCCCC1Oc1nnccc1C#N. The average Bonchev–Trinajstić information content (AvgIpc) is 2.40. The molecule has 90 valence electrons. The van der Waals surface area contributed by atoms with Gasteiger partial charge in [0.25, 0.3) is 5.88 Å². The maximum Gasteiger partial charge on any atom is 0.251 e. The molecule has 1 N–H and O–H groups in total. The van der Waals surface area contributed by atoms with Crippen molar-refractivity contribution in [2.24, 2.45) is 0 Å². The Morgan fingerprint density at radius 2 is 2.29 bits per heavy atom. The van der Waals surface area contributed by atoms with Gasteiger partial charge >= 0.3 is 0 Å². The van der Waals surface area contributed by atoms with Crippen LogP contribution in [0, 0.1) is 11.3 Å². The number of ether oxygens (including phenoxy) is 1. The number of likely N-dealkylation sites (N-methyl/N-ethyl adjacent to an activating group) is 1. The lowest BCUT2D eigenvalue weighted by molar-refractivity contribution is 0.111. The molecule has 2 atom stereocenters. The number of hydrogen-bond acceptors (Lipinski definition) is 5. The van der Waals surface area contributed by atoms with Crippen molar-refractivity contribution in [3.63, 3.8) is 0 Å². The molecular formula is C12H16N4O. The van der Waals surface area contributed by atoms with Crippen molar-refractivity contribution in [3.05, 3.63) is 17.8 Å². The van der Waals surface area contributed by atoms with Crippen molar-refractivity contribution in [1.82, 2.24) is 15.5 Å². The summed E-state index contributed by atoms with van der Waals surface area (Å²) in [6.45, 7) is 0. The Kier molecular flexibility index (Phi) is 3.89. The molecule has 1 aromatic rings. The van der Waals surface area contributed by atoms with Gasteiger partial charge in [-0.1, -0.05) is 6.42 Å². The van der Waals surface area contributed by atoms with Gasteiger partial charge in [0, 0.05) is 6.04 Å². The highest BCUT2D eigenvalue weighted by Gasteiger charge is 2.26. The van der Waals surface area contributed by atoms with Crippen LogP contribution in [0.5, 0.6) is 5.88 Å². The third-order valence-corrected chi connectivity index (χ3v) is 3.14. The summed E-state index contributed by atoms with van der Waals surface area (Å²) < 4.78 is 5.82. The van der Waals surface area contributed by atoms with E-state index in [1.54, 1.807) is 6.07 Å². The van der Waals surface area contributed by atoms with Crippen LogP contribution in [0.3, 0.4) is 0 Å². The van der Waals surface area contributed by atoms with Crippen LogP contribution in [-0.2, 0) is 0 Å². The fourth-order valence-electron chi connectivity index (χ4n) is 2.20. The summed E-state index contributed by atoms with van der Waals surface area (Å²) >= 11 is 0. The normalized spacial score (nSPS) is 24.0. The van der Waals surface area contributed by atoms with Gasteiger partial charge in [0.05, 0.1) is 6.20 Å². The van der Waals surface area contributed by atoms with Gasteiger partial charge in [0.15, 0.2) is 0 Å². The number of aromatic nitrogens is 2. The van der Waals surface area contributed by atoms with Crippen molar-refractivity contribution in [2.75, 3.05) is 7.05 Å². The van der Waals surface area contributed by atoms with Gasteiger partial charge in [-0.15, -0.1) is 5.10 Å². The van der Waals surface area contributed by atoms with E-state index in [9.17, 15) is 0 Å². The number of nitrogens with zero attached hydrogens (tertiary/aromatic N) is 3. The lowest BCUT2D eigenvalue weighted by Crippen LogP contribution is -2.43. The van der Waals surface area contributed by atoms with Crippen molar-refractivity contribution < 1.29 is 4.74 Å². The predicted molar refractivity (Wildman–Crippen MR) is 62.5 cm³/mol. The van der Waals surface area contributed by atoms with Gasteiger partial charge in [-0.05, 0) is 32.4 Å². The van der Waals surface area contributed by atoms with E-state index in [0.29, 0.717) is 17.5 Å². The van der Waals surface area contributed by atoms with E-state index in [4.69, 9.17) is 10.00 Å². The van der Waals surface area contributed by atoms with E-state index in [2.05, 4.69) is 21.6 Å². The van der Waals surface area contributed by atoms with Crippen LogP contribution in [0.15, 0.2) is 12.3 Å². The molecule has 2 rings (SSSR count). The van der Waals surface area contributed by atoms with Gasteiger partial charge in [-0.2, -0.15) is 10.4 Å². The fraction of sp³-hybridized carbons (Fsp3) is 0.583. The summed E-state index contributed by atoms with van der Waals surface area (Å²) in [5.41, 5.74) is 0.445. The number of nitriles is 1. The number of rotatable bonds is 3. The molecule has 1 saturated carbocycles. The van der Waals surface area contributed by atoms with Crippen molar-refractivity contribution in [1.29, 1.82) is 5.26 Å². The predicted octanol–water partition coefficient (Wildman–Crippen LogP) is 1.26. The van der Waals surface area contributed by atoms with Gasteiger partial charge in [-0.3, -0.25) is 0 Å². The topological polar surface area (TPSA) is 70.8 Å². The highest BCUT2D eigenvalue weighted by Crippen LogP contribution is 2.23. The third kappa shape index (κ3) is 2.71. The third-order valence-electron chi connectivity index (χ3n) is 3.14. The highest BCUT2D eigenvalue weighted by molar-refractivity contribution is 5.35. The van der Waals surface area contributed by atoms with Crippen LogP contribution in [-0.4, -0.2) is 29.4 Å². The van der Waals surface area contributed by atoms with Crippen LogP contribution >= 0.6 is 0 Å². The zero-order valence-corrected chi connectivity index (χ0v) is 9.89. The van der Waals surface area contributed by atoms with Crippen LogP contribution in [0.4, 0.5) is 0 Å². The first-order valence-corrected chi connectivity index (χ1v) is 5.91. The minimum Gasteiger partial charge on any atom is -0.471 e. The Balaban J connectivity index is 2.11. The molecule has 0 spiro atoms. The zero-order chi connectivity index (χ0) is 12.1. The molecule has 1 fully saturated rings. The fourth-order valence-corrected chi connectivity index (χ4v) is 2.20. The first-order chi connectivity index (χ1) is 8.35. The molecule has 0 radical (unpaired) electrons. The van der Waals surface area contributed by atoms with E-state index in [1.807, 2.05) is 7.05 Å².